The molecule has 0 aliphatic rings. The summed E-state index contributed by atoms with van der Waals surface area (Å²) in [5.74, 6) is -0.502. The molecule has 0 aliphatic heterocycles. The van der Waals surface area contributed by atoms with E-state index >= 15 is 0 Å². The second-order valence-electron chi connectivity index (χ2n) is 7.13. The minimum Gasteiger partial charge on any atom is -0.481 e. The zero-order valence-corrected chi connectivity index (χ0v) is 14.9. The normalized spacial score (nSPS) is 12.6. The molecule has 1 aromatic heterocycles. The first kappa shape index (κ1) is 18.6. The summed E-state index contributed by atoms with van der Waals surface area (Å²) in [6.45, 7) is 7.97. The number of hydrogen-bond donors (Lipinski definition) is 2. The molecule has 1 unspecified atom stereocenters. The third kappa shape index (κ3) is 4.89. The van der Waals surface area contributed by atoms with E-state index < -0.39 is 5.97 Å². The second kappa shape index (κ2) is 7.46. The van der Waals surface area contributed by atoms with Gasteiger partial charge in [0.05, 0.1) is 11.1 Å². The number of benzene rings is 1. The van der Waals surface area contributed by atoms with Crippen LogP contribution in [0.15, 0.2) is 28.8 Å². The number of rotatable bonds is 6. The Morgan fingerprint density at radius 1 is 1.28 bits per heavy atom. The van der Waals surface area contributed by atoms with Crippen LogP contribution in [-0.4, -0.2) is 33.7 Å². The fraction of sp³-hybridized carbons (Fsp3) is 0.444. The standard InChI is InChI=1S/C18H23N3O4/c1-11(9-14(22)23)10-19-15(24)12-7-5-6-8-13(12)16-20-17(21-25-16)18(2,3)4/h5-8,11H,9-10H2,1-4H3,(H,19,24)(H,22,23). The van der Waals surface area contributed by atoms with Gasteiger partial charge in [0.15, 0.2) is 5.82 Å². The summed E-state index contributed by atoms with van der Waals surface area (Å²) in [4.78, 5) is 27.6. The van der Waals surface area contributed by atoms with Crippen molar-refractivity contribution < 1.29 is 19.2 Å². The lowest BCUT2D eigenvalue weighted by Crippen LogP contribution is -2.29. The predicted molar refractivity (Wildman–Crippen MR) is 92.2 cm³/mol. The molecule has 1 heterocycles. The molecule has 134 valence electrons. The van der Waals surface area contributed by atoms with E-state index in [1.807, 2.05) is 20.8 Å². The third-order valence-electron chi connectivity index (χ3n) is 3.63. The van der Waals surface area contributed by atoms with Crippen molar-refractivity contribution in [1.82, 2.24) is 15.5 Å². The van der Waals surface area contributed by atoms with Gasteiger partial charge in [0.1, 0.15) is 0 Å². The summed E-state index contributed by atoms with van der Waals surface area (Å²) in [5.41, 5.74) is 0.702. The van der Waals surface area contributed by atoms with Crippen molar-refractivity contribution in [2.45, 2.75) is 39.5 Å². The topological polar surface area (TPSA) is 105 Å². The Morgan fingerprint density at radius 2 is 1.96 bits per heavy atom. The average molecular weight is 345 g/mol. The molecule has 0 spiro atoms. The van der Waals surface area contributed by atoms with Crippen molar-refractivity contribution in [2.75, 3.05) is 6.54 Å². The number of nitrogens with zero attached hydrogens (tertiary/aromatic N) is 2. The van der Waals surface area contributed by atoms with Crippen molar-refractivity contribution in [3.05, 3.63) is 35.7 Å². The molecular weight excluding hydrogens is 322 g/mol. The van der Waals surface area contributed by atoms with E-state index in [1.165, 1.54) is 0 Å². The van der Waals surface area contributed by atoms with Crippen LogP contribution in [0.25, 0.3) is 11.5 Å². The molecule has 0 saturated carbocycles. The Hall–Kier alpha value is -2.70. The van der Waals surface area contributed by atoms with Crippen LogP contribution in [-0.2, 0) is 10.2 Å². The van der Waals surface area contributed by atoms with Gasteiger partial charge in [-0.3, -0.25) is 9.59 Å². The molecule has 7 nitrogen and oxygen atoms in total. The van der Waals surface area contributed by atoms with E-state index in [2.05, 4.69) is 15.5 Å². The van der Waals surface area contributed by atoms with Crippen LogP contribution in [0, 0.1) is 5.92 Å². The molecule has 0 aliphatic carbocycles. The van der Waals surface area contributed by atoms with E-state index in [0.29, 0.717) is 17.0 Å². The van der Waals surface area contributed by atoms with Gasteiger partial charge in [-0.05, 0) is 18.1 Å². The maximum atomic E-state index is 12.5. The maximum Gasteiger partial charge on any atom is 0.303 e. The average Bonchev–Trinajstić information content (AvgIpc) is 3.02. The SMILES string of the molecule is CC(CNC(=O)c1ccccc1-c1nc(C(C)(C)C)no1)CC(=O)O. The van der Waals surface area contributed by atoms with Crippen molar-refractivity contribution >= 4 is 11.9 Å². The number of hydrogen-bond acceptors (Lipinski definition) is 5. The van der Waals surface area contributed by atoms with Crippen LogP contribution in [0.5, 0.6) is 0 Å². The highest BCUT2D eigenvalue weighted by Gasteiger charge is 2.23. The van der Waals surface area contributed by atoms with Gasteiger partial charge in [-0.15, -0.1) is 0 Å². The maximum absolute atomic E-state index is 12.5. The van der Waals surface area contributed by atoms with Gasteiger partial charge in [0.25, 0.3) is 11.8 Å². The first-order valence-corrected chi connectivity index (χ1v) is 8.12. The first-order chi connectivity index (χ1) is 11.7. The lowest BCUT2D eigenvalue weighted by Gasteiger charge is -2.12. The van der Waals surface area contributed by atoms with Crippen LogP contribution in [0.4, 0.5) is 0 Å². The zero-order chi connectivity index (χ0) is 18.6. The lowest BCUT2D eigenvalue weighted by atomic mass is 9.96. The monoisotopic (exact) mass is 345 g/mol. The van der Waals surface area contributed by atoms with Crippen molar-refractivity contribution in [2.24, 2.45) is 5.92 Å². The number of carbonyl (C=O) groups is 2. The lowest BCUT2D eigenvalue weighted by molar-refractivity contribution is -0.137. The van der Waals surface area contributed by atoms with Crippen LogP contribution in [0.2, 0.25) is 0 Å². The highest BCUT2D eigenvalue weighted by atomic mass is 16.5. The number of amides is 1. The van der Waals surface area contributed by atoms with Crippen molar-refractivity contribution in [3.8, 4) is 11.5 Å². The molecule has 1 amide bonds. The van der Waals surface area contributed by atoms with Gasteiger partial charge in [-0.25, -0.2) is 0 Å². The smallest absolute Gasteiger partial charge is 0.303 e. The van der Waals surface area contributed by atoms with E-state index in [9.17, 15) is 9.59 Å². The summed E-state index contributed by atoms with van der Waals surface area (Å²) in [7, 11) is 0. The van der Waals surface area contributed by atoms with E-state index in [0.717, 1.165) is 0 Å². The molecule has 25 heavy (non-hydrogen) atoms. The summed E-state index contributed by atoms with van der Waals surface area (Å²) in [6.07, 6.45) is 0.000525. The Bertz CT molecular complexity index is 762. The minimum atomic E-state index is -0.886. The Labute approximate surface area is 146 Å². The van der Waals surface area contributed by atoms with Crippen molar-refractivity contribution in [1.29, 1.82) is 0 Å². The van der Waals surface area contributed by atoms with Crippen LogP contribution in [0.3, 0.4) is 0 Å². The molecule has 0 bridgehead atoms. The zero-order valence-electron chi connectivity index (χ0n) is 14.9. The van der Waals surface area contributed by atoms with E-state index in [4.69, 9.17) is 9.63 Å². The highest BCUT2D eigenvalue weighted by molar-refractivity contribution is 5.99. The van der Waals surface area contributed by atoms with Gasteiger partial charge in [-0.1, -0.05) is 45.0 Å². The number of aliphatic carboxylic acids is 1. The van der Waals surface area contributed by atoms with Gasteiger partial charge in [-0.2, -0.15) is 4.98 Å². The summed E-state index contributed by atoms with van der Waals surface area (Å²) in [5, 5.41) is 15.5. The molecular formula is C18H23N3O4. The molecule has 0 fully saturated rings. The fourth-order valence-corrected chi connectivity index (χ4v) is 2.24. The Morgan fingerprint density at radius 3 is 2.56 bits per heavy atom. The molecule has 0 radical (unpaired) electrons. The fourth-order valence-electron chi connectivity index (χ4n) is 2.24. The number of nitrogens with one attached hydrogen (secondary N) is 1. The quantitative estimate of drug-likeness (QED) is 0.834. The largest absolute Gasteiger partial charge is 0.481 e. The number of carbonyl (C=O) groups excluding carboxylic acids is 1. The van der Waals surface area contributed by atoms with Crippen LogP contribution in [0.1, 0.15) is 50.3 Å². The summed E-state index contributed by atoms with van der Waals surface area (Å²) in [6, 6.07) is 6.96. The second-order valence-corrected chi connectivity index (χ2v) is 7.13. The molecule has 2 N–H and O–H groups in total. The molecule has 1 atom stereocenters. The Kier molecular flexibility index (Phi) is 5.56. The Balaban J connectivity index is 2.19. The summed E-state index contributed by atoms with van der Waals surface area (Å²) >= 11 is 0. The van der Waals surface area contributed by atoms with Gasteiger partial charge >= 0.3 is 5.97 Å². The van der Waals surface area contributed by atoms with Gasteiger partial charge in [0.2, 0.25) is 0 Å². The van der Waals surface area contributed by atoms with E-state index in [1.54, 1.807) is 31.2 Å². The van der Waals surface area contributed by atoms with Crippen LogP contribution >= 0.6 is 0 Å². The molecule has 7 heteroatoms. The number of carboxylic acids is 1. The van der Waals surface area contributed by atoms with Gasteiger partial charge < -0.3 is 14.9 Å². The first-order valence-electron chi connectivity index (χ1n) is 8.12. The number of carboxylic acid groups (broad SMARTS) is 1. The predicted octanol–water partition coefficient (Wildman–Crippen LogP) is 2.87. The molecule has 1 aromatic carbocycles. The molecule has 0 saturated heterocycles. The minimum absolute atomic E-state index is 0.000525. The highest BCUT2D eigenvalue weighted by Crippen LogP contribution is 2.26. The third-order valence-corrected chi connectivity index (χ3v) is 3.63. The van der Waals surface area contributed by atoms with Crippen LogP contribution < -0.4 is 5.32 Å². The van der Waals surface area contributed by atoms with Gasteiger partial charge in [0, 0.05) is 18.4 Å². The summed E-state index contributed by atoms with van der Waals surface area (Å²) < 4.78 is 5.33. The van der Waals surface area contributed by atoms with E-state index in [-0.39, 0.29) is 36.1 Å². The molecule has 2 rings (SSSR count). The number of aromatic nitrogens is 2. The van der Waals surface area contributed by atoms with Crippen molar-refractivity contribution in [3.63, 3.8) is 0 Å². The molecule has 2 aromatic rings.